The van der Waals surface area contributed by atoms with Gasteiger partial charge in [0.05, 0.1) is 0 Å². The molecule has 3 aliphatic carbocycles. The van der Waals surface area contributed by atoms with Crippen LogP contribution < -0.4 is 0 Å². The predicted octanol–water partition coefficient (Wildman–Crippen LogP) is 7.69. The molecule has 0 heterocycles. The molecule has 2 aromatic carbocycles. The van der Waals surface area contributed by atoms with E-state index in [0.29, 0.717) is 11.8 Å². The first-order valence-corrected chi connectivity index (χ1v) is 11.5. The van der Waals surface area contributed by atoms with E-state index in [9.17, 15) is 0 Å². The molecule has 27 heavy (non-hydrogen) atoms. The van der Waals surface area contributed by atoms with Crippen LogP contribution in [0.4, 0.5) is 0 Å². The zero-order chi connectivity index (χ0) is 18.4. The average Bonchev–Trinajstić information content (AvgIpc) is 2.72. The molecular formula is C27H34. The second-order valence-corrected chi connectivity index (χ2v) is 9.58. The smallest absolute Gasteiger partial charge is 0.00670 e. The predicted molar refractivity (Wildman–Crippen MR) is 115 cm³/mol. The van der Waals surface area contributed by atoms with Crippen LogP contribution >= 0.6 is 0 Å². The van der Waals surface area contributed by atoms with E-state index in [4.69, 9.17) is 0 Å². The number of rotatable bonds is 2. The SMILES string of the molecule is CC1c2ccccc2C(C)c2cc3c(cc21)CCCC3CC1CCCCC1. The third kappa shape index (κ3) is 3.06. The Bertz CT molecular complexity index is 824. The maximum Gasteiger partial charge on any atom is 0.00670 e. The fraction of sp³-hybridized carbons (Fsp3) is 0.556. The van der Waals surface area contributed by atoms with Crippen molar-refractivity contribution in [2.75, 3.05) is 0 Å². The lowest BCUT2D eigenvalue weighted by Gasteiger charge is -2.36. The number of fused-ring (bicyclic) bond motifs is 3. The summed E-state index contributed by atoms with van der Waals surface area (Å²) in [6, 6.07) is 14.4. The first-order chi connectivity index (χ1) is 13.2. The van der Waals surface area contributed by atoms with Gasteiger partial charge in [-0.1, -0.05) is 82.3 Å². The summed E-state index contributed by atoms with van der Waals surface area (Å²) in [6.07, 6.45) is 12.9. The molecule has 2 aromatic rings. The third-order valence-electron chi connectivity index (χ3n) is 7.99. The fourth-order valence-corrected chi connectivity index (χ4v) is 6.44. The van der Waals surface area contributed by atoms with Crippen LogP contribution in [0.15, 0.2) is 36.4 Å². The Morgan fingerprint density at radius 1 is 0.704 bits per heavy atom. The lowest BCUT2D eigenvalue weighted by Crippen LogP contribution is -2.20. The second-order valence-electron chi connectivity index (χ2n) is 9.58. The highest BCUT2D eigenvalue weighted by Gasteiger charge is 2.31. The molecule has 3 aliphatic rings. The highest BCUT2D eigenvalue weighted by Crippen LogP contribution is 2.47. The average molecular weight is 359 g/mol. The van der Waals surface area contributed by atoms with Crippen LogP contribution in [0.3, 0.4) is 0 Å². The van der Waals surface area contributed by atoms with Gasteiger partial charge in [-0.2, -0.15) is 0 Å². The molecule has 0 amide bonds. The van der Waals surface area contributed by atoms with E-state index in [1.54, 1.807) is 33.4 Å². The van der Waals surface area contributed by atoms with E-state index in [-0.39, 0.29) is 0 Å². The minimum absolute atomic E-state index is 0.537. The normalized spacial score (nSPS) is 27.6. The second kappa shape index (κ2) is 7.12. The molecule has 0 nitrogen and oxygen atoms in total. The van der Waals surface area contributed by atoms with Gasteiger partial charge in [0.2, 0.25) is 0 Å². The van der Waals surface area contributed by atoms with E-state index >= 15 is 0 Å². The van der Waals surface area contributed by atoms with E-state index in [1.165, 1.54) is 57.8 Å². The van der Waals surface area contributed by atoms with Gasteiger partial charge in [-0.3, -0.25) is 0 Å². The van der Waals surface area contributed by atoms with Gasteiger partial charge in [0.1, 0.15) is 0 Å². The van der Waals surface area contributed by atoms with Crippen molar-refractivity contribution in [1.82, 2.24) is 0 Å². The van der Waals surface area contributed by atoms with Crippen LogP contribution in [0.2, 0.25) is 0 Å². The Morgan fingerprint density at radius 3 is 2.07 bits per heavy atom. The molecule has 3 atom stereocenters. The Labute approximate surface area is 165 Å². The molecule has 5 rings (SSSR count). The van der Waals surface area contributed by atoms with Crippen molar-refractivity contribution in [2.45, 2.75) is 89.4 Å². The number of hydrogen-bond acceptors (Lipinski definition) is 0. The highest BCUT2D eigenvalue weighted by molar-refractivity contribution is 5.55. The van der Waals surface area contributed by atoms with Crippen molar-refractivity contribution in [1.29, 1.82) is 0 Å². The number of benzene rings is 2. The number of hydrogen-bond donors (Lipinski definition) is 0. The van der Waals surface area contributed by atoms with Crippen molar-refractivity contribution in [3.05, 3.63) is 69.8 Å². The Kier molecular flexibility index (Phi) is 4.62. The van der Waals surface area contributed by atoms with Gasteiger partial charge in [0, 0.05) is 11.8 Å². The molecule has 0 saturated heterocycles. The summed E-state index contributed by atoms with van der Waals surface area (Å²) in [5, 5.41) is 0. The van der Waals surface area contributed by atoms with Gasteiger partial charge in [-0.15, -0.1) is 0 Å². The molecular weight excluding hydrogens is 324 g/mol. The third-order valence-corrected chi connectivity index (χ3v) is 7.99. The van der Waals surface area contributed by atoms with Crippen LogP contribution in [0.5, 0.6) is 0 Å². The zero-order valence-electron chi connectivity index (χ0n) is 17.1. The van der Waals surface area contributed by atoms with Crippen molar-refractivity contribution in [3.8, 4) is 0 Å². The molecule has 0 spiro atoms. The van der Waals surface area contributed by atoms with E-state index in [2.05, 4.69) is 50.2 Å². The van der Waals surface area contributed by atoms with Gasteiger partial charge in [-0.05, 0) is 70.9 Å². The first-order valence-electron chi connectivity index (χ1n) is 11.5. The molecule has 1 fully saturated rings. The van der Waals surface area contributed by atoms with Gasteiger partial charge >= 0.3 is 0 Å². The fourth-order valence-electron chi connectivity index (χ4n) is 6.44. The lowest BCUT2D eigenvalue weighted by atomic mass is 9.69. The minimum Gasteiger partial charge on any atom is -0.0620 e. The van der Waals surface area contributed by atoms with Gasteiger partial charge in [-0.25, -0.2) is 0 Å². The van der Waals surface area contributed by atoms with Crippen LogP contribution in [0, 0.1) is 5.92 Å². The summed E-state index contributed by atoms with van der Waals surface area (Å²) in [5.74, 6) is 2.89. The first kappa shape index (κ1) is 17.5. The maximum absolute atomic E-state index is 2.66. The number of aryl methyl sites for hydroxylation is 1. The summed E-state index contributed by atoms with van der Waals surface area (Å²) in [6.45, 7) is 4.84. The molecule has 0 heteroatoms. The quantitative estimate of drug-likeness (QED) is 0.516. The van der Waals surface area contributed by atoms with Crippen LogP contribution in [0.25, 0.3) is 0 Å². The van der Waals surface area contributed by atoms with Crippen molar-refractivity contribution in [3.63, 3.8) is 0 Å². The zero-order valence-corrected chi connectivity index (χ0v) is 17.1. The van der Waals surface area contributed by atoms with Crippen LogP contribution in [0.1, 0.15) is 116 Å². The summed E-state index contributed by atoms with van der Waals surface area (Å²) < 4.78 is 0. The van der Waals surface area contributed by atoms with Gasteiger partial charge in [0.15, 0.2) is 0 Å². The van der Waals surface area contributed by atoms with E-state index in [0.717, 1.165) is 11.8 Å². The van der Waals surface area contributed by atoms with Gasteiger partial charge in [0.25, 0.3) is 0 Å². The molecule has 0 radical (unpaired) electrons. The summed E-state index contributed by atoms with van der Waals surface area (Å²) in [7, 11) is 0. The minimum atomic E-state index is 0.537. The van der Waals surface area contributed by atoms with Gasteiger partial charge < -0.3 is 0 Å². The van der Waals surface area contributed by atoms with Crippen molar-refractivity contribution >= 4 is 0 Å². The molecule has 0 bridgehead atoms. The summed E-state index contributed by atoms with van der Waals surface area (Å²) in [4.78, 5) is 0. The molecule has 3 unspecified atom stereocenters. The van der Waals surface area contributed by atoms with Crippen LogP contribution in [-0.4, -0.2) is 0 Å². The Hall–Kier alpha value is -1.56. The molecule has 142 valence electrons. The molecule has 0 N–H and O–H groups in total. The Morgan fingerprint density at radius 2 is 1.37 bits per heavy atom. The topological polar surface area (TPSA) is 0 Å². The molecule has 0 aromatic heterocycles. The Balaban J connectivity index is 1.52. The molecule has 1 saturated carbocycles. The highest BCUT2D eigenvalue weighted by atomic mass is 14.4. The maximum atomic E-state index is 2.66. The standard InChI is InChI=1S/C27H34/c1-18-23-13-6-7-14-24(23)19(2)26-17-27-21(15-20-9-4-3-5-10-20)11-8-12-22(27)16-25(18)26/h6-7,13-14,16-21H,3-5,8-12,15H2,1-2H3. The summed E-state index contributed by atoms with van der Waals surface area (Å²) in [5.41, 5.74) is 9.74. The summed E-state index contributed by atoms with van der Waals surface area (Å²) >= 11 is 0. The molecule has 0 aliphatic heterocycles. The van der Waals surface area contributed by atoms with E-state index in [1.807, 2.05) is 0 Å². The van der Waals surface area contributed by atoms with Crippen LogP contribution in [-0.2, 0) is 6.42 Å². The van der Waals surface area contributed by atoms with Crippen molar-refractivity contribution in [2.24, 2.45) is 5.92 Å². The van der Waals surface area contributed by atoms with E-state index < -0.39 is 0 Å². The lowest BCUT2D eigenvalue weighted by molar-refractivity contribution is 0.306. The van der Waals surface area contributed by atoms with Crippen molar-refractivity contribution < 1.29 is 0 Å². The monoisotopic (exact) mass is 358 g/mol. The largest absolute Gasteiger partial charge is 0.0620 e.